The highest BCUT2D eigenvalue weighted by Crippen LogP contribution is 2.35. The molecule has 1 fully saturated rings. The minimum absolute atomic E-state index is 0.103. The highest BCUT2D eigenvalue weighted by molar-refractivity contribution is 7.89. The van der Waals surface area contributed by atoms with Crippen molar-refractivity contribution >= 4 is 10.0 Å². The van der Waals surface area contributed by atoms with E-state index in [9.17, 15) is 8.42 Å². The van der Waals surface area contributed by atoms with Gasteiger partial charge in [0.25, 0.3) is 10.0 Å². The van der Waals surface area contributed by atoms with Crippen LogP contribution in [0.1, 0.15) is 12.8 Å². The molecule has 1 unspecified atom stereocenters. The first-order valence-corrected chi connectivity index (χ1v) is 6.69. The summed E-state index contributed by atoms with van der Waals surface area (Å²) in [5, 5.41) is 6.25. The average Bonchev–Trinajstić information content (AvgIpc) is 2.93. The number of nitrogens with zero attached hydrogens (tertiary/aromatic N) is 2. The third kappa shape index (κ3) is 1.98. The molecule has 6 nitrogen and oxygen atoms in total. The summed E-state index contributed by atoms with van der Waals surface area (Å²) in [5.41, 5.74) is 5.63. The Morgan fingerprint density at radius 2 is 2.38 bits per heavy atom. The van der Waals surface area contributed by atoms with E-state index in [4.69, 9.17) is 5.73 Å². The summed E-state index contributed by atoms with van der Waals surface area (Å²) < 4.78 is 25.6. The van der Waals surface area contributed by atoms with E-state index in [1.165, 1.54) is 16.6 Å². The molecule has 0 bridgehead atoms. The number of hydrogen-bond donors (Lipinski definition) is 2. The third-order valence-electron chi connectivity index (χ3n) is 3.01. The lowest BCUT2D eigenvalue weighted by Gasteiger charge is -2.25. The second-order valence-electron chi connectivity index (χ2n) is 4.08. The van der Waals surface area contributed by atoms with Gasteiger partial charge in [0.1, 0.15) is 0 Å². The Labute approximate surface area is 94.9 Å². The van der Waals surface area contributed by atoms with Crippen LogP contribution < -0.4 is 5.73 Å². The van der Waals surface area contributed by atoms with Crippen LogP contribution in [0.3, 0.4) is 0 Å². The minimum atomic E-state index is -3.48. The zero-order valence-electron chi connectivity index (χ0n) is 9.13. The SMILES string of the molecule is CN(C(CN)C1CC1)S(=O)(=O)c1ccn[nH]1. The van der Waals surface area contributed by atoms with Gasteiger partial charge in [0.05, 0.1) is 6.20 Å². The molecule has 0 amide bonds. The molecule has 16 heavy (non-hydrogen) atoms. The zero-order valence-corrected chi connectivity index (χ0v) is 9.94. The molecule has 1 aliphatic rings. The fourth-order valence-corrected chi connectivity index (χ4v) is 3.16. The van der Waals surface area contributed by atoms with Gasteiger partial charge in [-0.2, -0.15) is 9.40 Å². The Hall–Kier alpha value is -0.920. The predicted octanol–water partition coefficient (Wildman–Crippen LogP) is -0.233. The molecule has 1 saturated carbocycles. The smallest absolute Gasteiger partial charge is 0.260 e. The lowest BCUT2D eigenvalue weighted by Crippen LogP contribution is -2.43. The molecule has 1 atom stereocenters. The maximum Gasteiger partial charge on any atom is 0.260 e. The lowest BCUT2D eigenvalue weighted by atomic mass is 10.2. The second-order valence-corrected chi connectivity index (χ2v) is 6.05. The highest BCUT2D eigenvalue weighted by atomic mass is 32.2. The zero-order chi connectivity index (χ0) is 11.8. The van der Waals surface area contributed by atoms with Crippen molar-refractivity contribution in [2.45, 2.75) is 23.9 Å². The Balaban J connectivity index is 2.23. The van der Waals surface area contributed by atoms with E-state index in [0.717, 1.165) is 12.8 Å². The van der Waals surface area contributed by atoms with Crippen molar-refractivity contribution < 1.29 is 8.42 Å². The number of likely N-dealkylation sites (N-methyl/N-ethyl adjacent to an activating group) is 1. The summed E-state index contributed by atoms with van der Waals surface area (Å²) in [4.78, 5) is 0. The summed E-state index contributed by atoms with van der Waals surface area (Å²) in [6, 6.07) is 1.35. The van der Waals surface area contributed by atoms with Gasteiger partial charge < -0.3 is 5.73 Å². The molecule has 1 aliphatic carbocycles. The molecule has 0 aliphatic heterocycles. The van der Waals surface area contributed by atoms with Gasteiger partial charge in [-0.1, -0.05) is 0 Å². The van der Waals surface area contributed by atoms with Crippen molar-refractivity contribution in [3.8, 4) is 0 Å². The van der Waals surface area contributed by atoms with E-state index in [1.807, 2.05) is 0 Å². The fourth-order valence-electron chi connectivity index (χ4n) is 1.84. The molecule has 0 spiro atoms. The normalized spacial score (nSPS) is 18.9. The maximum absolute atomic E-state index is 12.1. The van der Waals surface area contributed by atoms with Crippen LogP contribution >= 0.6 is 0 Å². The van der Waals surface area contributed by atoms with E-state index < -0.39 is 10.0 Å². The van der Waals surface area contributed by atoms with Gasteiger partial charge in [0.15, 0.2) is 5.03 Å². The number of H-pyrrole nitrogens is 1. The van der Waals surface area contributed by atoms with Gasteiger partial charge in [-0.15, -0.1) is 0 Å². The van der Waals surface area contributed by atoms with Crippen molar-refractivity contribution in [2.75, 3.05) is 13.6 Å². The molecular weight excluding hydrogens is 228 g/mol. The molecule has 2 rings (SSSR count). The van der Waals surface area contributed by atoms with E-state index in [2.05, 4.69) is 10.2 Å². The monoisotopic (exact) mass is 244 g/mol. The van der Waals surface area contributed by atoms with Gasteiger partial charge in [-0.3, -0.25) is 5.10 Å². The van der Waals surface area contributed by atoms with Crippen LogP contribution in [0.5, 0.6) is 0 Å². The van der Waals surface area contributed by atoms with Crippen LogP contribution in [0.15, 0.2) is 17.3 Å². The van der Waals surface area contributed by atoms with E-state index >= 15 is 0 Å². The minimum Gasteiger partial charge on any atom is -0.329 e. The molecule has 3 N–H and O–H groups in total. The second kappa shape index (κ2) is 4.15. The van der Waals surface area contributed by atoms with Gasteiger partial charge >= 0.3 is 0 Å². The van der Waals surface area contributed by atoms with Gasteiger partial charge in [0, 0.05) is 19.6 Å². The molecule has 1 aromatic rings. The van der Waals surface area contributed by atoms with Crippen LogP contribution in [-0.2, 0) is 10.0 Å². The average molecular weight is 244 g/mol. The van der Waals surface area contributed by atoms with Crippen molar-refractivity contribution in [2.24, 2.45) is 11.7 Å². The molecular formula is C9H16N4O2S. The molecule has 1 heterocycles. The van der Waals surface area contributed by atoms with E-state index in [0.29, 0.717) is 12.5 Å². The first-order chi connectivity index (χ1) is 7.57. The topological polar surface area (TPSA) is 92.1 Å². The summed E-state index contributed by atoms with van der Waals surface area (Å²) in [5.74, 6) is 0.410. The van der Waals surface area contributed by atoms with Crippen LogP contribution in [-0.4, -0.2) is 42.6 Å². The molecule has 7 heteroatoms. The summed E-state index contributed by atoms with van der Waals surface area (Å²) in [7, 11) is -1.90. The Kier molecular flexibility index (Phi) is 3.00. The molecule has 0 saturated heterocycles. The van der Waals surface area contributed by atoms with Crippen molar-refractivity contribution in [1.29, 1.82) is 0 Å². The van der Waals surface area contributed by atoms with Gasteiger partial charge in [-0.05, 0) is 24.8 Å². The molecule has 0 aromatic carbocycles. The van der Waals surface area contributed by atoms with E-state index in [-0.39, 0.29) is 11.1 Å². The Morgan fingerprint density at radius 3 is 2.81 bits per heavy atom. The van der Waals surface area contributed by atoms with Gasteiger partial charge in [-0.25, -0.2) is 8.42 Å². The summed E-state index contributed by atoms with van der Waals surface area (Å²) in [6.45, 7) is 0.356. The first kappa shape index (κ1) is 11.6. The number of nitrogens with one attached hydrogen (secondary N) is 1. The highest BCUT2D eigenvalue weighted by Gasteiger charge is 2.38. The quantitative estimate of drug-likeness (QED) is 0.748. The summed E-state index contributed by atoms with van der Waals surface area (Å²) >= 11 is 0. The number of aromatic nitrogens is 2. The molecule has 0 radical (unpaired) electrons. The number of sulfonamides is 1. The lowest BCUT2D eigenvalue weighted by molar-refractivity contribution is 0.339. The van der Waals surface area contributed by atoms with Crippen LogP contribution in [0, 0.1) is 5.92 Å². The van der Waals surface area contributed by atoms with Crippen molar-refractivity contribution in [1.82, 2.24) is 14.5 Å². The fraction of sp³-hybridized carbons (Fsp3) is 0.667. The summed E-state index contributed by atoms with van der Waals surface area (Å²) in [6.07, 6.45) is 3.55. The van der Waals surface area contributed by atoms with Gasteiger partial charge in [0.2, 0.25) is 0 Å². The van der Waals surface area contributed by atoms with Crippen molar-refractivity contribution in [3.63, 3.8) is 0 Å². The molecule has 1 aromatic heterocycles. The van der Waals surface area contributed by atoms with E-state index in [1.54, 1.807) is 7.05 Å². The number of hydrogen-bond acceptors (Lipinski definition) is 4. The largest absolute Gasteiger partial charge is 0.329 e. The van der Waals surface area contributed by atoms with Crippen molar-refractivity contribution in [3.05, 3.63) is 12.3 Å². The Morgan fingerprint density at radius 1 is 1.69 bits per heavy atom. The number of nitrogens with two attached hydrogens (primary N) is 1. The Bertz CT molecular complexity index is 438. The molecule has 90 valence electrons. The standard InChI is InChI=1S/C9H16N4O2S/c1-13(8(6-10)7-2-3-7)16(14,15)9-4-5-11-12-9/h4-5,7-8H,2-3,6,10H2,1H3,(H,11,12). The van der Waals surface area contributed by atoms with Crippen LogP contribution in [0.25, 0.3) is 0 Å². The predicted molar refractivity (Wildman–Crippen MR) is 59.1 cm³/mol. The number of rotatable bonds is 5. The number of aromatic amines is 1. The first-order valence-electron chi connectivity index (χ1n) is 5.25. The van der Waals surface area contributed by atoms with Crippen LogP contribution in [0.4, 0.5) is 0 Å². The maximum atomic E-state index is 12.1. The van der Waals surface area contributed by atoms with Crippen LogP contribution in [0.2, 0.25) is 0 Å². The third-order valence-corrected chi connectivity index (χ3v) is 4.82.